The fourth-order valence-electron chi connectivity index (χ4n) is 3.53. The summed E-state index contributed by atoms with van der Waals surface area (Å²) in [6.45, 7) is 5.40. The van der Waals surface area contributed by atoms with E-state index in [0.29, 0.717) is 39.7 Å². The van der Waals surface area contributed by atoms with Crippen molar-refractivity contribution in [3.63, 3.8) is 0 Å². The van der Waals surface area contributed by atoms with Crippen molar-refractivity contribution in [2.24, 2.45) is 10.9 Å². The number of carbonyl (C=O) groups excluding carboxylic acids is 2. The summed E-state index contributed by atoms with van der Waals surface area (Å²) in [5, 5.41) is 7.52. The largest absolute Gasteiger partial charge is 0.487 e. The summed E-state index contributed by atoms with van der Waals surface area (Å²) in [7, 11) is 2.61. The number of aromatic nitrogens is 2. The first-order valence-corrected chi connectivity index (χ1v) is 9.30. The lowest BCUT2D eigenvalue weighted by Crippen LogP contribution is -2.36. The van der Waals surface area contributed by atoms with Crippen molar-refractivity contribution in [2.75, 3.05) is 14.2 Å². The Hall–Kier alpha value is -3.49. The molecule has 0 radical (unpaired) electrons. The molecule has 1 aromatic carbocycles. The van der Waals surface area contributed by atoms with Gasteiger partial charge in [-0.25, -0.2) is 9.42 Å². The number of allylic oxidation sites excluding steroid dienone is 1. The highest BCUT2D eigenvalue weighted by Crippen LogP contribution is 2.40. The minimum Gasteiger partial charge on any atom is -0.487 e. The molecule has 1 aliphatic heterocycles. The molecule has 0 spiro atoms. The van der Waals surface area contributed by atoms with Crippen molar-refractivity contribution in [3.05, 3.63) is 52.5 Å². The summed E-state index contributed by atoms with van der Waals surface area (Å²) < 4.78 is 20.5. The Morgan fingerprint density at radius 2 is 1.87 bits per heavy atom. The van der Waals surface area contributed by atoms with Gasteiger partial charge < -0.3 is 14.2 Å². The smallest absolute Gasteiger partial charge is 0.336 e. The van der Waals surface area contributed by atoms with Crippen LogP contribution in [0.25, 0.3) is 0 Å². The molecule has 0 bridgehead atoms. The van der Waals surface area contributed by atoms with E-state index in [2.05, 4.69) is 19.9 Å². The van der Waals surface area contributed by atoms with Gasteiger partial charge in [0, 0.05) is 17.3 Å². The Morgan fingerprint density at radius 1 is 1.10 bits per heavy atom. The standard InChI is InChI=1S/C21H23N3O6/c1-11-16(24-30-23-11)10-29-15-8-6-7-14(9-15)19-17(20(25)27-4)12(2)22-13(3)18(19)21(26)28-5/h6-9,17,19H,10H2,1-5H3. The van der Waals surface area contributed by atoms with Crippen LogP contribution in [0.15, 0.2) is 45.2 Å². The third kappa shape index (κ3) is 4.10. The van der Waals surface area contributed by atoms with Gasteiger partial charge in [-0.05, 0) is 38.5 Å². The molecule has 30 heavy (non-hydrogen) atoms. The number of ether oxygens (including phenoxy) is 3. The minimum atomic E-state index is -0.759. The Balaban J connectivity index is 2.00. The SMILES string of the molecule is COC(=O)C1=C(C)N=C(C)C(C(=O)OC)C1c1cccc(OCc2nonc2C)c1. The molecule has 9 heteroatoms. The summed E-state index contributed by atoms with van der Waals surface area (Å²) >= 11 is 0. The van der Waals surface area contributed by atoms with Crippen LogP contribution < -0.4 is 4.74 Å². The monoisotopic (exact) mass is 413 g/mol. The van der Waals surface area contributed by atoms with Crippen LogP contribution in [-0.2, 0) is 25.7 Å². The van der Waals surface area contributed by atoms with Crippen molar-refractivity contribution >= 4 is 17.7 Å². The summed E-state index contributed by atoms with van der Waals surface area (Å²) in [6.07, 6.45) is 0. The van der Waals surface area contributed by atoms with E-state index in [0.717, 1.165) is 0 Å². The van der Waals surface area contributed by atoms with Crippen molar-refractivity contribution in [3.8, 4) is 5.75 Å². The molecule has 2 heterocycles. The van der Waals surface area contributed by atoms with Crippen LogP contribution >= 0.6 is 0 Å². The second kappa shape index (κ2) is 8.89. The summed E-state index contributed by atoms with van der Waals surface area (Å²) in [5.74, 6) is -1.86. The van der Waals surface area contributed by atoms with Crippen molar-refractivity contribution in [1.29, 1.82) is 0 Å². The first-order valence-electron chi connectivity index (χ1n) is 9.30. The lowest BCUT2D eigenvalue weighted by Gasteiger charge is -2.31. The number of carbonyl (C=O) groups is 2. The zero-order chi connectivity index (χ0) is 21.8. The molecule has 1 aliphatic rings. The third-order valence-electron chi connectivity index (χ3n) is 5.03. The number of rotatable bonds is 6. The number of hydrogen-bond acceptors (Lipinski definition) is 9. The minimum absolute atomic E-state index is 0.170. The van der Waals surface area contributed by atoms with E-state index in [-0.39, 0.29) is 6.61 Å². The highest BCUT2D eigenvalue weighted by atomic mass is 16.6. The Labute approximate surface area is 173 Å². The van der Waals surface area contributed by atoms with Crippen molar-refractivity contribution < 1.29 is 28.4 Å². The maximum absolute atomic E-state index is 12.6. The van der Waals surface area contributed by atoms with Gasteiger partial charge in [0.15, 0.2) is 0 Å². The molecule has 9 nitrogen and oxygen atoms in total. The normalized spacial score (nSPS) is 18.6. The molecule has 0 fully saturated rings. The van der Waals surface area contributed by atoms with Crippen LogP contribution in [0.5, 0.6) is 5.75 Å². The fourth-order valence-corrected chi connectivity index (χ4v) is 3.53. The average molecular weight is 413 g/mol. The van der Waals surface area contributed by atoms with Gasteiger partial charge in [0.05, 0.1) is 19.8 Å². The van der Waals surface area contributed by atoms with Gasteiger partial charge in [0.2, 0.25) is 0 Å². The summed E-state index contributed by atoms with van der Waals surface area (Å²) in [6, 6.07) is 7.17. The van der Waals surface area contributed by atoms with Crippen LogP contribution in [0.1, 0.15) is 36.7 Å². The van der Waals surface area contributed by atoms with Gasteiger partial charge in [-0.2, -0.15) is 0 Å². The van der Waals surface area contributed by atoms with Crippen LogP contribution in [0.2, 0.25) is 0 Å². The maximum Gasteiger partial charge on any atom is 0.336 e. The van der Waals surface area contributed by atoms with Gasteiger partial charge in [-0.1, -0.05) is 22.4 Å². The van der Waals surface area contributed by atoms with Gasteiger partial charge in [-0.15, -0.1) is 0 Å². The molecule has 2 atom stereocenters. The lowest BCUT2D eigenvalue weighted by atomic mass is 9.75. The molecule has 1 aromatic heterocycles. The molecule has 0 saturated heterocycles. The molecule has 2 aromatic rings. The molecule has 2 unspecified atom stereocenters. The molecule has 0 saturated carbocycles. The van der Waals surface area contributed by atoms with Gasteiger partial charge in [0.1, 0.15) is 29.7 Å². The predicted octanol–water partition coefficient (Wildman–Crippen LogP) is 2.75. The highest BCUT2D eigenvalue weighted by molar-refractivity contribution is 6.06. The number of hydrogen-bond donors (Lipinski definition) is 0. The van der Waals surface area contributed by atoms with E-state index in [1.165, 1.54) is 14.2 Å². The van der Waals surface area contributed by atoms with E-state index < -0.39 is 23.8 Å². The quantitative estimate of drug-likeness (QED) is 0.664. The van der Waals surface area contributed by atoms with Crippen LogP contribution in [-0.4, -0.2) is 42.2 Å². The number of nitrogens with zero attached hydrogens (tertiary/aromatic N) is 3. The number of aryl methyl sites for hydroxylation is 1. The van der Waals surface area contributed by atoms with Crippen LogP contribution in [0, 0.1) is 12.8 Å². The van der Waals surface area contributed by atoms with Crippen LogP contribution in [0.3, 0.4) is 0 Å². The number of esters is 2. The molecule has 158 valence electrons. The zero-order valence-corrected chi connectivity index (χ0v) is 17.5. The number of methoxy groups -OCH3 is 2. The summed E-state index contributed by atoms with van der Waals surface area (Å²) in [5.41, 5.74) is 3.30. The Bertz CT molecular complexity index is 1020. The van der Waals surface area contributed by atoms with E-state index in [9.17, 15) is 9.59 Å². The van der Waals surface area contributed by atoms with Crippen LogP contribution in [0.4, 0.5) is 0 Å². The second-order valence-corrected chi connectivity index (χ2v) is 6.88. The fraction of sp³-hybridized carbons (Fsp3) is 0.381. The van der Waals surface area contributed by atoms with E-state index in [1.54, 1.807) is 39.0 Å². The van der Waals surface area contributed by atoms with Gasteiger partial charge in [-0.3, -0.25) is 9.79 Å². The Kier molecular flexibility index (Phi) is 6.29. The molecule has 0 amide bonds. The topological polar surface area (TPSA) is 113 Å². The molecule has 0 aliphatic carbocycles. The highest BCUT2D eigenvalue weighted by Gasteiger charge is 2.42. The van der Waals surface area contributed by atoms with E-state index >= 15 is 0 Å². The lowest BCUT2D eigenvalue weighted by molar-refractivity contribution is -0.143. The van der Waals surface area contributed by atoms with Gasteiger partial charge >= 0.3 is 11.9 Å². The predicted molar refractivity (Wildman–Crippen MR) is 106 cm³/mol. The molecule has 3 rings (SSSR count). The zero-order valence-electron chi connectivity index (χ0n) is 17.5. The third-order valence-corrected chi connectivity index (χ3v) is 5.03. The summed E-state index contributed by atoms with van der Waals surface area (Å²) in [4.78, 5) is 29.6. The molecular formula is C21H23N3O6. The number of benzene rings is 1. The Morgan fingerprint density at radius 3 is 2.50 bits per heavy atom. The first-order chi connectivity index (χ1) is 14.4. The first kappa shape index (κ1) is 21.2. The second-order valence-electron chi connectivity index (χ2n) is 6.88. The molecule has 0 N–H and O–H groups in total. The average Bonchev–Trinajstić information content (AvgIpc) is 3.15. The number of aliphatic imine (C=N–C) groups is 1. The van der Waals surface area contributed by atoms with Gasteiger partial charge in [0.25, 0.3) is 0 Å². The van der Waals surface area contributed by atoms with E-state index in [1.807, 2.05) is 6.07 Å². The van der Waals surface area contributed by atoms with Crippen molar-refractivity contribution in [2.45, 2.75) is 33.3 Å². The molecular weight excluding hydrogens is 390 g/mol. The maximum atomic E-state index is 12.6. The van der Waals surface area contributed by atoms with Crippen molar-refractivity contribution in [1.82, 2.24) is 10.3 Å². The van der Waals surface area contributed by atoms with E-state index in [4.69, 9.17) is 14.2 Å².